The number of anilines is 1. The lowest BCUT2D eigenvalue weighted by Gasteiger charge is -2.33. The average molecular weight is 258 g/mol. The second kappa shape index (κ2) is 5.48. The Morgan fingerprint density at radius 3 is 2.68 bits per heavy atom. The maximum absolute atomic E-state index is 5.24. The second-order valence-electron chi connectivity index (χ2n) is 4.94. The number of nitrogens with zero attached hydrogens (tertiary/aromatic N) is 4. The van der Waals surface area contributed by atoms with Gasteiger partial charge in [-0.25, -0.2) is 15.0 Å². The van der Waals surface area contributed by atoms with Crippen molar-refractivity contribution in [1.29, 1.82) is 0 Å². The molecule has 2 aromatic heterocycles. The molecule has 1 aliphatic heterocycles. The molecule has 0 N–H and O–H groups in total. The van der Waals surface area contributed by atoms with E-state index in [1.165, 1.54) is 0 Å². The Labute approximate surface area is 112 Å². The van der Waals surface area contributed by atoms with Crippen LogP contribution in [0.1, 0.15) is 12.8 Å². The molecule has 100 valence electrons. The number of fused-ring (bicyclic) bond motifs is 1. The lowest BCUT2D eigenvalue weighted by Crippen LogP contribution is -2.35. The summed E-state index contributed by atoms with van der Waals surface area (Å²) in [6.45, 7) is 2.96. The number of aromatic nitrogens is 3. The van der Waals surface area contributed by atoms with Gasteiger partial charge in [-0.3, -0.25) is 0 Å². The van der Waals surface area contributed by atoms with E-state index in [-0.39, 0.29) is 0 Å². The Kier molecular flexibility index (Phi) is 3.55. The van der Waals surface area contributed by atoms with E-state index >= 15 is 0 Å². The van der Waals surface area contributed by atoms with Crippen molar-refractivity contribution in [3.05, 3.63) is 24.7 Å². The minimum Gasteiger partial charge on any atom is -0.384 e. The first-order valence-electron chi connectivity index (χ1n) is 6.68. The van der Waals surface area contributed by atoms with Gasteiger partial charge >= 0.3 is 0 Å². The standard InChI is InChI=1S/C14H18N4O/c1-19-10-11-3-8-18(9-4-11)12-2-5-16-14-13(12)15-6-7-17-14/h2,5-7,11H,3-4,8-10H2,1H3. The number of hydrogen-bond acceptors (Lipinski definition) is 5. The molecular weight excluding hydrogens is 240 g/mol. The summed E-state index contributed by atoms with van der Waals surface area (Å²) in [6, 6.07) is 2.04. The van der Waals surface area contributed by atoms with E-state index in [0.717, 1.165) is 49.4 Å². The molecule has 1 saturated heterocycles. The molecule has 19 heavy (non-hydrogen) atoms. The fourth-order valence-corrected chi connectivity index (χ4v) is 2.69. The summed E-state index contributed by atoms with van der Waals surface area (Å²) in [5, 5.41) is 0. The molecule has 0 aliphatic carbocycles. The third kappa shape index (κ3) is 2.51. The van der Waals surface area contributed by atoms with E-state index < -0.39 is 0 Å². The van der Waals surface area contributed by atoms with Gasteiger partial charge < -0.3 is 9.64 Å². The molecule has 5 nitrogen and oxygen atoms in total. The van der Waals surface area contributed by atoms with Crippen LogP contribution in [0.3, 0.4) is 0 Å². The van der Waals surface area contributed by atoms with Gasteiger partial charge in [-0.15, -0.1) is 0 Å². The summed E-state index contributed by atoms with van der Waals surface area (Å²) >= 11 is 0. The van der Waals surface area contributed by atoms with Crippen molar-refractivity contribution in [3.8, 4) is 0 Å². The van der Waals surface area contributed by atoms with Crippen LogP contribution in [-0.4, -0.2) is 41.8 Å². The molecule has 0 unspecified atom stereocenters. The molecule has 1 aliphatic rings. The minimum absolute atomic E-state index is 0.681. The molecule has 0 aromatic carbocycles. The van der Waals surface area contributed by atoms with E-state index in [0.29, 0.717) is 5.92 Å². The lowest BCUT2D eigenvalue weighted by atomic mass is 9.97. The van der Waals surface area contributed by atoms with Crippen molar-refractivity contribution in [2.75, 3.05) is 31.7 Å². The molecular formula is C14H18N4O. The molecule has 1 fully saturated rings. The van der Waals surface area contributed by atoms with Gasteiger partial charge in [0, 0.05) is 45.4 Å². The molecule has 0 bridgehead atoms. The molecule has 0 radical (unpaired) electrons. The molecule has 3 heterocycles. The Morgan fingerprint density at radius 2 is 1.89 bits per heavy atom. The van der Waals surface area contributed by atoms with Crippen LogP contribution in [-0.2, 0) is 4.74 Å². The average Bonchev–Trinajstić information content (AvgIpc) is 2.48. The number of rotatable bonds is 3. The van der Waals surface area contributed by atoms with Gasteiger partial charge in [0.15, 0.2) is 5.65 Å². The largest absolute Gasteiger partial charge is 0.384 e. The monoisotopic (exact) mass is 258 g/mol. The van der Waals surface area contributed by atoms with E-state index in [4.69, 9.17) is 4.74 Å². The number of methoxy groups -OCH3 is 1. The predicted octanol–water partition coefficient (Wildman–Crippen LogP) is 1.89. The number of ether oxygens (including phenoxy) is 1. The number of piperidine rings is 1. The van der Waals surface area contributed by atoms with E-state index in [1.807, 2.05) is 12.3 Å². The predicted molar refractivity (Wildman–Crippen MR) is 74.1 cm³/mol. The molecule has 0 atom stereocenters. The van der Waals surface area contributed by atoms with Gasteiger partial charge in [0.2, 0.25) is 0 Å². The van der Waals surface area contributed by atoms with Crippen LogP contribution >= 0.6 is 0 Å². The summed E-state index contributed by atoms with van der Waals surface area (Å²) in [7, 11) is 1.78. The highest BCUT2D eigenvalue weighted by Crippen LogP contribution is 2.27. The summed E-state index contributed by atoms with van der Waals surface area (Å²) in [5.41, 5.74) is 2.77. The Balaban J connectivity index is 1.82. The second-order valence-corrected chi connectivity index (χ2v) is 4.94. The van der Waals surface area contributed by atoms with Crippen molar-refractivity contribution in [2.45, 2.75) is 12.8 Å². The summed E-state index contributed by atoms with van der Waals surface area (Å²) in [6.07, 6.45) is 7.55. The van der Waals surface area contributed by atoms with Crippen molar-refractivity contribution in [2.24, 2.45) is 5.92 Å². The zero-order valence-corrected chi connectivity index (χ0v) is 11.1. The summed E-state index contributed by atoms with van der Waals surface area (Å²) < 4.78 is 5.24. The first kappa shape index (κ1) is 12.3. The molecule has 0 amide bonds. The maximum Gasteiger partial charge on any atom is 0.180 e. The van der Waals surface area contributed by atoms with Crippen LogP contribution in [0.5, 0.6) is 0 Å². The quantitative estimate of drug-likeness (QED) is 0.841. The highest BCUT2D eigenvalue weighted by molar-refractivity contribution is 5.84. The first-order valence-corrected chi connectivity index (χ1v) is 6.68. The van der Waals surface area contributed by atoms with Crippen LogP contribution in [0.25, 0.3) is 11.2 Å². The zero-order valence-electron chi connectivity index (χ0n) is 11.1. The van der Waals surface area contributed by atoms with E-state index in [1.54, 1.807) is 19.5 Å². The maximum atomic E-state index is 5.24. The molecule has 3 rings (SSSR count). The Bertz CT molecular complexity index is 547. The summed E-state index contributed by atoms with van der Waals surface area (Å²) in [4.78, 5) is 15.3. The Hall–Kier alpha value is -1.75. The normalized spacial score (nSPS) is 17.0. The van der Waals surface area contributed by atoms with Crippen LogP contribution < -0.4 is 4.90 Å². The van der Waals surface area contributed by atoms with E-state index in [2.05, 4.69) is 19.9 Å². The lowest BCUT2D eigenvalue weighted by molar-refractivity contribution is 0.139. The molecule has 5 heteroatoms. The highest BCUT2D eigenvalue weighted by Gasteiger charge is 2.21. The van der Waals surface area contributed by atoms with Gasteiger partial charge in [0.05, 0.1) is 5.69 Å². The van der Waals surface area contributed by atoms with Crippen molar-refractivity contribution >= 4 is 16.9 Å². The summed E-state index contributed by atoms with van der Waals surface area (Å²) in [5.74, 6) is 0.681. The molecule has 2 aromatic rings. The third-order valence-electron chi connectivity index (χ3n) is 3.71. The highest BCUT2D eigenvalue weighted by atomic mass is 16.5. The van der Waals surface area contributed by atoms with Crippen LogP contribution in [0.15, 0.2) is 24.7 Å². The number of pyridine rings is 1. The fraction of sp³-hybridized carbons (Fsp3) is 0.500. The van der Waals surface area contributed by atoms with Gasteiger partial charge in [-0.1, -0.05) is 0 Å². The van der Waals surface area contributed by atoms with Gasteiger partial charge in [0.1, 0.15) is 5.52 Å². The van der Waals surface area contributed by atoms with Gasteiger partial charge in [-0.2, -0.15) is 0 Å². The van der Waals surface area contributed by atoms with Crippen molar-refractivity contribution in [3.63, 3.8) is 0 Å². The zero-order chi connectivity index (χ0) is 13.1. The topological polar surface area (TPSA) is 51.1 Å². The third-order valence-corrected chi connectivity index (χ3v) is 3.71. The van der Waals surface area contributed by atoms with Crippen LogP contribution in [0, 0.1) is 5.92 Å². The Morgan fingerprint density at radius 1 is 1.16 bits per heavy atom. The number of hydrogen-bond donors (Lipinski definition) is 0. The van der Waals surface area contributed by atoms with Gasteiger partial charge in [-0.05, 0) is 24.8 Å². The van der Waals surface area contributed by atoms with E-state index in [9.17, 15) is 0 Å². The van der Waals surface area contributed by atoms with Crippen molar-refractivity contribution in [1.82, 2.24) is 15.0 Å². The fourth-order valence-electron chi connectivity index (χ4n) is 2.69. The smallest absolute Gasteiger partial charge is 0.180 e. The molecule has 0 spiro atoms. The molecule has 0 saturated carbocycles. The first-order chi connectivity index (χ1) is 9.38. The van der Waals surface area contributed by atoms with Crippen LogP contribution in [0.2, 0.25) is 0 Å². The minimum atomic E-state index is 0.681. The van der Waals surface area contributed by atoms with Crippen molar-refractivity contribution < 1.29 is 4.74 Å². The van der Waals surface area contributed by atoms with Crippen LogP contribution in [0.4, 0.5) is 5.69 Å². The SMILES string of the molecule is COCC1CCN(c2ccnc3nccnc23)CC1. The van der Waals surface area contributed by atoms with Gasteiger partial charge in [0.25, 0.3) is 0 Å².